The Hall–Kier alpha value is -1.92. The summed E-state index contributed by atoms with van der Waals surface area (Å²) in [6.07, 6.45) is 0.810. The highest BCUT2D eigenvalue weighted by molar-refractivity contribution is 6.58. The Morgan fingerprint density at radius 3 is 2.62 bits per heavy atom. The molecule has 0 saturated heterocycles. The number of benzene rings is 2. The van der Waals surface area contributed by atoms with E-state index in [0.29, 0.717) is 18.7 Å². The van der Waals surface area contributed by atoms with Crippen molar-refractivity contribution in [3.05, 3.63) is 59.2 Å². The van der Waals surface area contributed by atoms with Gasteiger partial charge in [-0.3, -0.25) is 0 Å². The van der Waals surface area contributed by atoms with Crippen molar-refractivity contribution in [1.29, 1.82) is 0 Å². The van der Waals surface area contributed by atoms with Gasteiger partial charge < -0.3 is 14.9 Å². The van der Waals surface area contributed by atoms with E-state index in [1.54, 1.807) is 6.07 Å². The van der Waals surface area contributed by atoms with Gasteiger partial charge >= 0.3 is 7.12 Å². The van der Waals surface area contributed by atoms with Crippen LogP contribution >= 0.6 is 0 Å². The molecule has 0 unspecified atom stereocenters. The largest absolute Gasteiger partial charge is 0.488 e. The van der Waals surface area contributed by atoms with Gasteiger partial charge in [0.15, 0.2) is 0 Å². The number of halogens is 2. The van der Waals surface area contributed by atoms with Crippen molar-refractivity contribution in [2.24, 2.45) is 0 Å². The van der Waals surface area contributed by atoms with Crippen molar-refractivity contribution in [3.8, 4) is 0 Å². The zero-order valence-electron chi connectivity index (χ0n) is 11.3. The molecule has 0 saturated carbocycles. The van der Waals surface area contributed by atoms with Gasteiger partial charge in [-0.1, -0.05) is 18.2 Å². The minimum Gasteiger partial charge on any atom is -0.423 e. The maximum Gasteiger partial charge on any atom is 0.488 e. The second kappa shape index (κ2) is 5.46. The molecule has 2 aromatic carbocycles. The molecule has 1 heterocycles. The lowest BCUT2D eigenvalue weighted by Gasteiger charge is -2.20. The van der Waals surface area contributed by atoms with Gasteiger partial charge in [0.05, 0.1) is 0 Å². The van der Waals surface area contributed by atoms with Gasteiger partial charge in [0.1, 0.15) is 11.6 Å². The molecular formula is C15H14BF2NO2. The molecule has 1 aliphatic rings. The Morgan fingerprint density at radius 1 is 1.10 bits per heavy atom. The highest BCUT2D eigenvalue weighted by Gasteiger charge is 2.21. The molecule has 2 aromatic rings. The lowest BCUT2D eigenvalue weighted by Crippen LogP contribution is -2.30. The van der Waals surface area contributed by atoms with Crippen LogP contribution < -0.4 is 10.4 Å². The Kier molecular flexibility index (Phi) is 3.65. The van der Waals surface area contributed by atoms with Crippen LogP contribution in [0.1, 0.15) is 11.1 Å². The molecule has 0 atom stereocenters. The van der Waals surface area contributed by atoms with E-state index in [1.165, 1.54) is 24.3 Å². The van der Waals surface area contributed by atoms with Gasteiger partial charge in [-0.2, -0.15) is 0 Å². The first kappa shape index (κ1) is 14.0. The number of hydrogen-bond donors (Lipinski definition) is 2. The fourth-order valence-electron chi connectivity index (χ4n) is 2.64. The van der Waals surface area contributed by atoms with Gasteiger partial charge in [0, 0.05) is 24.3 Å². The number of nitrogens with zero attached hydrogens (tertiary/aromatic N) is 1. The summed E-state index contributed by atoms with van der Waals surface area (Å²) in [6, 6.07) is 8.77. The first-order chi connectivity index (χ1) is 10.0. The molecular weight excluding hydrogens is 275 g/mol. The maximum absolute atomic E-state index is 14.0. The van der Waals surface area contributed by atoms with Gasteiger partial charge in [0.25, 0.3) is 0 Å². The van der Waals surface area contributed by atoms with Crippen LogP contribution in [0.25, 0.3) is 0 Å². The second-order valence-electron chi connectivity index (χ2n) is 5.17. The van der Waals surface area contributed by atoms with Crippen molar-refractivity contribution < 1.29 is 18.8 Å². The first-order valence-corrected chi connectivity index (χ1v) is 6.72. The van der Waals surface area contributed by atoms with Crippen LogP contribution in [-0.4, -0.2) is 23.7 Å². The predicted octanol–water partition coefficient (Wildman–Crippen LogP) is 1.21. The molecule has 21 heavy (non-hydrogen) atoms. The first-order valence-electron chi connectivity index (χ1n) is 6.72. The fourth-order valence-corrected chi connectivity index (χ4v) is 2.64. The summed E-state index contributed by atoms with van der Waals surface area (Å²) < 4.78 is 27.3. The Balaban J connectivity index is 1.84. The van der Waals surface area contributed by atoms with Gasteiger partial charge in [-0.05, 0) is 35.6 Å². The van der Waals surface area contributed by atoms with E-state index in [4.69, 9.17) is 10.0 Å². The normalized spacial score (nSPS) is 13.4. The van der Waals surface area contributed by atoms with Crippen LogP contribution in [0.2, 0.25) is 0 Å². The summed E-state index contributed by atoms with van der Waals surface area (Å²) in [5, 5.41) is 18.0. The molecule has 2 N–H and O–H groups in total. The van der Waals surface area contributed by atoms with Crippen LogP contribution in [0, 0.1) is 11.6 Å². The van der Waals surface area contributed by atoms with Crippen molar-refractivity contribution in [2.75, 3.05) is 11.4 Å². The SMILES string of the molecule is OB(O)c1ccc(CN2CCc3ccc(F)cc32)c(F)c1. The van der Waals surface area contributed by atoms with Crippen LogP contribution in [-0.2, 0) is 13.0 Å². The second-order valence-corrected chi connectivity index (χ2v) is 5.17. The minimum absolute atomic E-state index is 0.115. The number of rotatable bonds is 3. The molecule has 1 aliphatic heterocycles. The molecule has 0 amide bonds. The number of fused-ring (bicyclic) bond motifs is 1. The summed E-state index contributed by atoms with van der Waals surface area (Å²) in [5.41, 5.74) is 2.40. The van der Waals surface area contributed by atoms with Crippen molar-refractivity contribution in [1.82, 2.24) is 0 Å². The topological polar surface area (TPSA) is 43.7 Å². The fraction of sp³-hybridized carbons (Fsp3) is 0.200. The summed E-state index contributed by atoms with van der Waals surface area (Å²) >= 11 is 0. The highest BCUT2D eigenvalue weighted by atomic mass is 19.1. The van der Waals surface area contributed by atoms with E-state index < -0.39 is 12.9 Å². The number of hydrogen-bond acceptors (Lipinski definition) is 3. The molecule has 0 spiro atoms. The Bertz CT molecular complexity index is 679. The van der Waals surface area contributed by atoms with E-state index >= 15 is 0 Å². The summed E-state index contributed by atoms with van der Waals surface area (Å²) in [6.45, 7) is 1.03. The third-order valence-electron chi connectivity index (χ3n) is 3.78. The molecule has 108 valence electrons. The molecule has 3 nitrogen and oxygen atoms in total. The van der Waals surface area contributed by atoms with Gasteiger partial charge in [-0.15, -0.1) is 0 Å². The number of anilines is 1. The van der Waals surface area contributed by atoms with Crippen molar-refractivity contribution >= 4 is 18.3 Å². The quantitative estimate of drug-likeness (QED) is 0.835. The summed E-state index contributed by atoms with van der Waals surface area (Å²) in [4.78, 5) is 1.92. The molecule has 0 aliphatic carbocycles. The Labute approximate surface area is 121 Å². The summed E-state index contributed by atoms with van der Waals surface area (Å²) in [7, 11) is -1.69. The van der Waals surface area contributed by atoms with E-state index in [9.17, 15) is 8.78 Å². The zero-order chi connectivity index (χ0) is 15.0. The molecule has 0 bridgehead atoms. The van der Waals surface area contributed by atoms with Crippen molar-refractivity contribution in [3.63, 3.8) is 0 Å². The monoisotopic (exact) mass is 289 g/mol. The average Bonchev–Trinajstić information content (AvgIpc) is 2.83. The van der Waals surface area contributed by atoms with E-state index in [2.05, 4.69) is 0 Å². The van der Waals surface area contributed by atoms with E-state index in [0.717, 1.165) is 23.7 Å². The molecule has 0 fully saturated rings. The maximum atomic E-state index is 14.0. The minimum atomic E-state index is -1.69. The predicted molar refractivity (Wildman–Crippen MR) is 77.4 cm³/mol. The third-order valence-corrected chi connectivity index (χ3v) is 3.78. The van der Waals surface area contributed by atoms with Crippen LogP contribution in [0.4, 0.5) is 14.5 Å². The van der Waals surface area contributed by atoms with Crippen LogP contribution in [0.5, 0.6) is 0 Å². The van der Waals surface area contributed by atoms with Gasteiger partial charge in [0.2, 0.25) is 0 Å². The lowest BCUT2D eigenvalue weighted by atomic mass is 9.80. The molecule has 0 aromatic heterocycles. The lowest BCUT2D eigenvalue weighted by molar-refractivity contribution is 0.425. The zero-order valence-corrected chi connectivity index (χ0v) is 11.3. The standard InChI is InChI=1S/C15H14BF2NO2/c17-13-4-2-10-5-6-19(15(10)8-13)9-11-1-3-12(16(20)21)7-14(11)18/h1-4,7-8,20-21H,5-6,9H2. The van der Waals surface area contributed by atoms with Crippen LogP contribution in [0.15, 0.2) is 36.4 Å². The van der Waals surface area contributed by atoms with Crippen LogP contribution in [0.3, 0.4) is 0 Å². The van der Waals surface area contributed by atoms with Crippen molar-refractivity contribution in [2.45, 2.75) is 13.0 Å². The Morgan fingerprint density at radius 2 is 1.90 bits per heavy atom. The third kappa shape index (κ3) is 2.77. The van der Waals surface area contributed by atoms with E-state index in [-0.39, 0.29) is 11.3 Å². The molecule has 3 rings (SSSR count). The molecule has 0 radical (unpaired) electrons. The average molecular weight is 289 g/mol. The molecule has 6 heteroatoms. The van der Waals surface area contributed by atoms with Gasteiger partial charge in [-0.25, -0.2) is 8.78 Å². The summed E-state index contributed by atoms with van der Waals surface area (Å²) in [5.74, 6) is -0.801. The van der Waals surface area contributed by atoms with E-state index in [1.807, 2.05) is 4.90 Å². The smallest absolute Gasteiger partial charge is 0.423 e. The highest BCUT2D eigenvalue weighted by Crippen LogP contribution is 2.30.